The molecule has 0 amide bonds. The smallest absolute Gasteiger partial charge is 0.339 e. The highest BCUT2D eigenvalue weighted by Crippen LogP contribution is 2.50. The molecule has 2 fully saturated rings. The minimum absolute atomic E-state index is 0.0252. The van der Waals surface area contributed by atoms with Crippen molar-refractivity contribution in [2.45, 2.75) is 25.7 Å². The summed E-state index contributed by atoms with van der Waals surface area (Å²) in [6, 6.07) is 2.74. The van der Waals surface area contributed by atoms with Gasteiger partial charge in [0.2, 0.25) is 0 Å². The predicted octanol–water partition coefficient (Wildman–Crippen LogP) is 3.42. The van der Waals surface area contributed by atoms with E-state index in [-0.39, 0.29) is 16.3 Å². The first-order valence-corrected chi connectivity index (χ1v) is 7.65. The van der Waals surface area contributed by atoms with Gasteiger partial charge in [-0.15, -0.1) is 0 Å². The molecule has 0 aromatic heterocycles. The van der Waals surface area contributed by atoms with Crippen molar-refractivity contribution in [1.82, 2.24) is 0 Å². The number of ether oxygens (including phenoxy) is 1. The zero-order valence-electron chi connectivity index (χ0n) is 12.3. The monoisotopic (exact) mass is 324 g/mol. The van der Waals surface area contributed by atoms with Crippen molar-refractivity contribution in [2.24, 2.45) is 5.41 Å². The molecule has 0 N–H and O–H groups in total. The molecule has 22 heavy (non-hydrogen) atoms. The van der Waals surface area contributed by atoms with Crippen LogP contribution < -0.4 is 4.90 Å². The van der Waals surface area contributed by atoms with Gasteiger partial charge >= 0.3 is 5.97 Å². The van der Waals surface area contributed by atoms with E-state index in [0.29, 0.717) is 11.1 Å². The Balaban J connectivity index is 1.98. The number of halogens is 1. The summed E-state index contributed by atoms with van der Waals surface area (Å²) >= 11 is 6.13. The minimum Gasteiger partial charge on any atom is -0.465 e. The fourth-order valence-electron chi connectivity index (χ4n) is 3.44. The van der Waals surface area contributed by atoms with Crippen LogP contribution in [0.5, 0.6) is 0 Å². The number of nitro benzene ring substituents is 1. The van der Waals surface area contributed by atoms with E-state index in [0.717, 1.165) is 19.5 Å². The molecular formula is C15H17ClN2O4. The Bertz CT molecular complexity index is 643. The first kappa shape index (κ1) is 15.1. The number of nitrogens with zero attached hydrogens (tertiary/aromatic N) is 2. The fourth-order valence-corrected chi connectivity index (χ4v) is 3.68. The lowest BCUT2D eigenvalue weighted by Gasteiger charge is -2.38. The van der Waals surface area contributed by atoms with Crippen molar-refractivity contribution < 1.29 is 14.5 Å². The molecular weight excluding hydrogens is 308 g/mol. The normalized spacial score (nSPS) is 19.1. The van der Waals surface area contributed by atoms with E-state index in [2.05, 4.69) is 4.74 Å². The Labute approximate surface area is 133 Å². The third-order valence-electron chi connectivity index (χ3n) is 4.86. The molecule has 0 atom stereocenters. The van der Waals surface area contributed by atoms with Crippen LogP contribution in [-0.2, 0) is 4.74 Å². The number of benzene rings is 1. The molecule has 118 valence electrons. The van der Waals surface area contributed by atoms with Gasteiger partial charge in [0.25, 0.3) is 5.69 Å². The average molecular weight is 325 g/mol. The van der Waals surface area contributed by atoms with Gasteiger partial charge in [-0.25, -0.2) is 4.79 Å². The number of anilines is 1. The molecule has 7 heteroatoms. The van der Waals surface area contributed by atoms with Crippen LogP contribution in [-0.4, -0.2) is 31.1 Å². The van der Waals surface area contributed by atoms with Crippen molar-refractivity contribution in [2.75, 3.05) is 25.1 Å². The Morgan fingerprint density at radius 1 is 1.41 bits per heavy atom. The second-order valence-electron chi connectivity index (χ2n) is 6.09. The third-order valence-corrected chi connectivity index (χ3v) is 5.17. The van der Waals surface area contributed by atoms with Crippen molar-refractivity contribution in [3.8, 4) is 0 Å². The Kier molecular flexibility index (Phi) is 3.72. The molecule has 3 rings (SSSR count). The van der Waals surface area contributed by atoms with Crippen LogP contribution in [0.15, 0.2) is 12.1 Å². The molecule has 0 radical (unpaired) electrons. The largest absolute Gasteiger partial charge is 0.465 e. The third kappa shape index (κ3) is 2.41. The lowest BCUT2D eigenvalue weighted by molar-refractivity contribution is -0.384. The summed E-state index contributed by atoms with van der Waals surface area (Å²) in [6.45, 7) is 1.61. The molecule has 2 aliphatic rings. The summed E-state index contributed by atoms with van der Waals surface area (Å²) in [7, 11) is 1.22. The Morgan fingerprint density at radius 2 is 2.14 bits per heavy atom. The number of rotatable bonds is 3. The summed E-state index contributed by atoms with van der Waals surface area (Å²) in [5.74, 6) is -0.670. The van der Waals surface area contributed by atoms with Gasteiger partial charge < -0.3 is 9.64 Å². The summed E-state index contributed by atoms with van der Waals surface area (Å²) in [5.41, 5.74) is 0.742. The SMILES string of the molecule is COC(=O)c1cc([N+](=O)[O-])c(N2CCC3(CCC3)C2)cc1Cl. The summed E-state index contributed by atoms with van der Waals surface area (Å²) < 4.78 is 4.62. The van der Waals surface area contributed by atoms with Crippen LogP contribution >= 0.6 is 11.6 Å². The van der Waals surface area contributed by atoms with Crippen molar-refractivity contribution in [1.29, 1.82) is 0 Å². The van der Waals surface area contributed by atoms with Crippen molar-refractivity contribution in [3.05, 3.63) is 32.8 Å². The van der Waals surface area contributed by atoms with E-state index in [1.807, 2.05) is 4.90 Å². The molecule has 1 aliphatic heterocycles. The molecule has 1 saturated heterocycles. The Morgan fingerprint density at radius 3 is 2.64 bits per heavy atom. The van der Waals surface area contributed by atoms with Gasteiger partial charge in [0, 0.05) is 19.2 Å². The molecule has 1 aliphatic carbocycles. The van der Waals surface area contributed by atoms with Crippen LogP contribution in [0.25, 0.3) is 0 Å². The van der Waals surface area contributed by atoms with Gasteiger partial charge in [-0.1, -0.05) is 18.0 Å². The summed E-state index contributed by atoms with van der Waals surface area (Å²) in [5, 5.41) is 11.6. The van der Waals surface area contributed by atoms with E-state index in [1.165, 1.54) is 38.5 Å². The van der Waals surface area contributed by atoms with Gasteiger partial charge in [-0.05, 0) is 30.7 Å². The minimum atomic E-state index is -0.670. The van der Waals surface area contributed by atoms with Gasteiger partial charge in [0.1, 0.15) is 5.69 Å². The maximum atomic E-state index is 11.7. The molecule has 1 heterocycles. The second kappa shape index (κ2) is 5.43. The van der Waals surface area contributed by atoms with Crippen LogP contribution in [0.3, 0.4) is 0 Å². The molecule has 6 nitrogen and oxygen atoms in total. The number of carbonyl (C=O) groups excluding carboxylic acids is 1. The summed E-state index contributed by atoms with van der Waals surface area (Å²) in [6.07, 6.45) is 4.66. The highest BCUT2D eigenvalue weighted by atomic mass is 35.5. The molecule has 1 spiro atoms. The van der Waals surface area contributed by atoms with Gasteiger partial charge in [-0.3, -0.25) is 10.1 Å². The Hall–Kier alpha value is -1.82. The van der Waals surface area contributed by atoms with E-state index in [9.17, 15) is 14.9 Å². The van der Waals surface area contributed by atoms with Gasteiger partial charge in [-0.2, -0.15) is 0 Å². The van der Waals surface area contributed by atoms with E-state index >= 15 is 0 Å². The topological polar surface area (TPSA) is 72.7 Å². The van der Waals surface area contributed by atoms with Gasteiger partial charge in [0.15, 0.2) is 0 Å². The molecule has 1 aromatic carbocycles. The lowest BCUT2D eigenvalue weighted by Crippen LogP contribution is -2.33. The molecule has 1 aromatic rings. The zero-order valence-corrected chi connectivity index (χ0v) is 13.1. The highest BCUT2D eigenvalue weighted by molar-refractivity contribution is 6.34. The van der Waals surface area contributed by atoms with Crippen molar-refractivity contribution in [3.63, 3.8) is 0 Å². The maximum absolute atomic E-state index is 11.7. The number of hydrogen-bond donors (Lipinski definition) is 0. The highest BCUT2D eigenvalue weighted by Gasteiger charge is 2.44. The first-order chi connectivity index (χ1) is 10.5. The first-order valence-electron chi connectivity index (χ1n) is 7.27. The number of hydrogen-bond acceptors (Lipinski definition) is 5. The van der Waals surface area contributed by atoms with E-state index in [4.69, 9.17) is 11.6 Å². The van der Waals surface area contributed by atoms with Crippen LogP contribution in [0.4, 0.5) is 11.4 Å². The summed E-state index contributed by atoms with van der Waals surface area (Å²) in [4.78, 5) is 24.6. The predicted molar refractivity (Wildman–Crippen MR) is 82.6 cm³/mol. The molecule has 0 unspecified atom stereocenters. The quantitative estimate of drug-likeness (QED) is 0.484. The van der Waals surface area contributed by atoms with Crippen LogP contribution in [0.2, 0.25) is 5.02 Å². The van der Waals surface area contributed by atoms with E-state index in [1.54, 1.807) is 0 Å². The van der Waals surface area contributed by atoms with Crippen LogP contribution in [0, 0.1) is 15.5 Å². The maximum Gasteiger partial charge on any atom is 0.339 e. The molecule has 0 bridgehead atoms. The van der Waals surface area contributed by atoms with E-state index < -0.39 is 10.9 Å². The fraction of sp³-hybridized carbons (Fsp3) is 0.533. The molecule has 1 saturated carbocycles. The van der Waals surface area contributed by atoms with Gasteiger partial charge in [0.05, 0.1) is 22.6 Å². The number of nitro groups is 1. The average Bonchev–Trinajstić information content (AvgIpc) is 2.91. The zero-order chi connectivity index (χ0) is 15.9. The number of carbonyl (C=O) groups is 1. The number of esters is 1. The van der Waals surface area contributed by atoms with Crippen LogP contribution in [0.1, 0.15) is 36.0 Å². The van der Waals surface area contributed by atoms with Crippen molar-refractivity contribution >= 4 is 28.9 Å². The number of methoxy groups -OCH3 is 1. The second-order valence-corrected chi connectivity index (χ2v) is 6.50. The lowest BCUT2D eigenvalue weighted by atomic mass is 9.68. The standard InChI is InChI=1S/C15H17ClN2O4/c1-22-14(19)10-7-13(18(20)21)12(8-11(10)16)17-6-5-15(9-17)3-2-4-15/h7-8H,2-6,9H2,1H3.